The molecule has 0 aromatic heterocycles. The van der Waals surface area contributed by atoms with Crippen LogP contribution in [0.3, 0.4) is 0 Å². The molecule has 9 heavy (non-hydrogen) atoms. The molecular weight excluding hydrogens is 114 g/mol. The van der Waals surface area contributed by atoms with Gasteiger partial charge in [-0.25, -0.2) is 0 Å². The Labute approximate surface area is 55.6 Å². The Morgan fingerprint density at radius 2 is 2.56 bits per heavy atom. The molecule has 0 aliphatic carbocycles. The molecule has 1 saturated heterocycles. The highest BCUT2D eigenvalue weighted by Crippen LogP contribution is 2.11. The predicted molar refractivity (Wildman–Crippen MR) is 36.3 cm³/mol. The van der Waals surface area contributed by atoms with Gasteiger partial charge in [0.1, 0.15) is 6.29 Å². The van der Waals surface area contributed by atoms with Crippen LogP contribution in [0.4, 0.5) is 0 Å². The van der Waals surface area contributed by atoms with E-state index >= 15 is 0 Å². The van der Waals surface area contributed by atoms with Gasteiger partial charge in [-0.1, -0.05) is 0 Å². The van der Waals surface area contributed by atoms with Crippen LogP contribution in [0, 0.1) is 5.92 Å². The van der Waals surface area contributed by atoms with Gasteiger partial charge >= 0.3 is 0 Å². The quantitative estimate of drug-likeness (QED) is 0.550. The van der Waals surface area contributed by atoms with Crippen LogP contribution in [0.1, 0.15) is 19.3 Å². The lowest BCUT2D eigenvalue weighted by Crippen LogP contribution is -2.29. The zero-order valence-corrected chi connectivity index (χ0v) is 5.60. The summed E-state index contributed by atoms with van der Waals surface area (Å²) in [7, 11) is 0. The normalized spacial score (nSPS) is 27.8. The lowest BCUT2D eigenvalue weighted by atomic mass is 9.97. The highest BCUT2D eigenvalue weighted by Gasteiger charge is 2.10. The van der Waals surface area contributed by atoms with E-state index in [4.69, 9.17) is 0 Å². The topological polar surface area (TPSA) is 29.1 Å². The number of hydrogen-bond donors (Lipinski definition) is 1. The van der Waals surface area contributed by atoms with E-state index in [1.54, 1.807) is 0 Å². The first-order valence-corrected chi connectivity index (χ1v) is 3.58. The molecule has 0 saturated carbocycles. The van der Waals surface area contributed by atoms with Gasteiger partial charge in [-0.15, -0.1) is 0 Å². The minimum Gasteiger partial charge on any atom is -0.316 e. The van der Waals surface area contributed by atoms with Crippen molar-refractivity contribution < 1.29 is 4.79 Å². The Morgan fingerprint density at radius 3 is 3.11 bits per heavy atom. The number of hydrogen-bond acceptors (Lipinski definition) is 2. The summed E-state index contributed by atoms with van der Waals surface area (Å²) < 4.78 is 0. The smallest absolute Gasteiger partial charge is 0.120 e. The van der Waals surface area contributed by atoms with Gasteiger partial charge in [-0.3, -0.25) is 0 Å². The highest BCUT2D eigenvalue weighted by atomic mass is 16.1. The third-order valence-electron chi connectivity index (χ3n) is 1.83. The second-order valence-corrected chi connectivity index (χ2v) is 2.61. The number of rotatable bonds is 2. The molecule has 1 aliphatic heterocycles. The summed E-state index contributed by atoms with van der Waals surface area (Å²) in [6.45, 7) is 2.17. The zero-order chi connectivity index (χ0) is 6.53. The molecule has 0 unspecified atom stereocenters. The summed E-state index contributed by atoms with van der Waals surface area (Å²) in [6.07, 6.45) is 4.23. The van der Waals surface area contributed by atoms with Gasteiger partial charge in [0.05, 0.1) is 0 Å². The average Bonchev–Trinajstić information content (AvgIpc) is 1.91. The third-order valence-corrected chi connectivity index (χ3v) is 1.83. The number of nitrogens with one attached hydrogen (secondary N) is 1. The Balaban J connectivity index is 2.15. The van der Waals surface area contributed by atoms with Crippen LogP contribution in [-0.2, 0) is 4.79 Å². The molecule has 1 fully saturated rings. The standard InChI is InChI=1S/C7H13NO/c9-5-3-7-2-1-4-8-6-7/h5,7-8H,1-4,6H2/t7-/m1/s1. The largest absolute Gasteiger partial charge is 0.316 e. The van der Waals surface area contributed by atoms with E-state index in [0.29, 0.717) is 5.92 Å². The summed E-state index contributed by atoms with van der Waals surface area (Å²) in [5.74, 6) is 0.622. The number of piperidine rings is 1. The molecule has 1 atom stereocenters. The maximum Gasteiger partial charge on any atom is 0.120 e. The van der Waals surface area contributed by atoms with Gasteiger partial charge in [-0.2, -0.15) is 0 Å². The van der Waals surface area contributed by atoms with Crippen LogP contribution >= 0.6 is 0 Å². The molecule has 52 valence electrons. The molecule has 0 aromatic rings. The van der Waals surface area contributed by atoms with Crippen molar-refractivity contribution in [2.24, 2.45) is 5.92 Å². The first-order chi connectivity index (χ1) is 4.43. The van der Waals surface area contributed by atoms with Crippen LogP contribution in [0.5, 0.6) is 0 Å². The Bertz CT molecular complexity index is 86.9. The third kappa shape index (κ3) is 2.14. The van der Waals surface area contributed by atoms with Gasteiger partial charge in [0.15, 0.2) is 0 Å². The summed E-state index contributed by atoms with van der Waals surface area (Å²) in [5, 5.41) is 3.26. The number of carbonyl (C=O) groups is 1. The van der Waals surface area contributed by atoms with E-state index in [1.165, 1.54) is 12.8 Å². The summed E-state index contributed by atoms with van der Waals surface area (Å²) >= 11 is 0. The molecule has 1 N–H and O–H groups in total. The fourth-order valence-corrected chi connectivity index (χ4v) is 1.26. The monoisotopic (exact) mass is 127 g/mol. The molecule has 0 spiro atoms. The van der Waals surface area contributed by atoms with Crippen LogP contribution < -0.4 is 5.32 Å². The molecule has 0 aromatic carbocycles. The van der Waals surface area contributed by atoms with E-state index < -0.39 is 0 Å². The van der Waals surface area contributed by atoms with E-state index in [2.05, 4.69) is 5.32 Å². The lowest BCUT2D eigenvalue weighted by molar-refractivity contribution is -0.108. The van der Waals surface area contributed by atoms with Crippen molar-refractivity contribution in [3.63, 3.8) is 0 Å². The molecule has 0 radical (unpaired) electrons. The fraction of sp³-hybridized carbons (Fsp3) is 0.857. The molecule has 0 amide bonds. The van der Waals surface area contributed by atoms with Crippen LogP contribution in [-0.4, -0.2) is 19.4 Å². The minimum atomic E-state index is 0.622. The molecule has 0 bridgehead atoms. The maximum atomic E-state index is 10.0. The van der Waals surface area contributed by atoms with Gasteiger partial charge < -0.3 is 10.1 Å². The van der Waals surface area contributed by atoms with E-state index in [9.17, 15) is 4.79 Å². The lowest BCUT2D eigenvalue weighted by Gasteiger charge is -2.19. The van der Waals surface area contributed by atoms with Crippen LogP contribution in [0.15, 0.2) is 0 Å². The van der Waals surface area contributed by atoms with Gasteiger partial charge in [-0.05, 0) is 31.8 Å². The van der Waals surface area contributed by atoms with E-state index in [-0.39, 0.29) is 0 Å². The van der Waals surface area contributed by atoms with Crippen molar-refractivity contribution in [1.82, 2.24) is 5.32 Å². The van der Waals surface area contributed by atoms with Gasteiger partial charge in [0.25, 0.3) is 0 Å². The molecular formula is C7H13NO. The molecule has 1 rings (SSSR count). The van der Waals surface area contributed by atoms with Crippen molar-refractivity contribution in [3.8, 4) is 0 Å². The summed E-state index contributed by atoms with van der Waals surface area (Å²) in [5.41, 5.74) is 0. The molecule has 2 heteroatoms. The first kappa shape index (κ1) is 6.75. The second-order valence-electron chi connectivity index (χ2n) is 2.61. The summed E-state index contributed by atoms with van der Waals surface area (Å²) in [4.78, 5) is 10.0. The van der Waals surface area contributed by atoms with E-state index in [0.717, 1.165) is 25.8 Å². The van der Waals surface area contributed by atoms with Crippen molar-refractivity contribution >= 4 is 6.29 Å². The second kappa shape index (κ2) is 3.62. The average molecular weight is 127 g/mol. The van der Waals surface area contributed by atoms with Crippen LogP contribution in [0.25, 0.3) is 0 Å². The van der Waals surface area contributed by atoms with Gasteiger partial charge in [0, 0.05) is 6.42 Å². The molecule has 2 nitrogen and oxygen atoms in total. The Hall–Kier alpha value is -0.370. The minimum absolute atomic E-state index is 0.622. The Morgan fingerprint density at radius 1 is 1.67 bits per heavy atom. The van der Waals surface area contributed by atoms with Crippen LogP contribution in [0.2, 0.25) is 0 Å². The van der Waals surface area contributed by atoms with Crippen molar-refractivity contribution in [2.75, 3.05) is 13.1 Å². The van der Waals surface area contributed by atoms with E-state index in [1.807, 2.05) is 0 Å². The molecule has 1 aliphatic rings. The number of carbonyl (C=O) groups excluding carboxylic acids is 1. The Kier molecular flexibility index (Phi) is 2.71. The SMILES string of the molecule is O=CC[C@H]1CCCNC1. The number of aldehydes is 1. The highest BCUT2D eigenvalue weighted by molar-refractivity contribution is 5.49. The summed E-state index contributed by atoms with van der Waals surface area (Å²) in [6, 6.07) is 0. The zero-order valence-electron chi connectivity index (χ0n) is 5.60. The van der Waals surface area contributed by atoms with Crippen molar-refractivity contribution in [3.05, 3.63) is 0 Å². The first-order valence-electron chi connectivity index (χ1n) is 3.58. The molecule has 1 heterocycles. The predicted octanol–water partition coefficient (Wildman–Crippen LogP) is 0.575. The maximum absolute atomic E-state index is 10.0. The fourth-order valence-electron chi connectivity index (χ4n) is 1.26. The van der Waals surface area contributed by atoms with Crippen molar-refractivity contribution in [1.29, 1.82) is 0 Å². The van der Waals surface area contributed by atoms with Crippen molar-refractivity contribution in [2.45, 2.75) is 19.3 Å². The van der Waals surface area contributed by atoms with Gasteiger partial charge in [0.2, 0.25) is 0 Å².